The molecule has 0 aromatic heterocycles. The summed E-state index contributed by atoms with van der Waals surface area (Å²) in [5.41, 5.74) is 0. The van der Waals surface area contributed by atoms with E-state index >= 15 is 0 Å². The SMILES string of the molecule is CC.CCCCCCCCOCCOC. The van der Waals surface area contributed by atoms with E-state index in [4.69, 9.17) is 9.47 Å². The fraction of sp³-hybridized carbons (Fsp3) is 1.00. The molecule has 0 fully saturated rings. The molecule has 0 atom stereocenters. The van der Waals surface area contributed by atoms with Crippen molar-refractivity contribution in [3.63, 3.8) is 0 Å². The standard InChI is InChI=1S/C11H24O2.C2H6/c1-3-4-5-6-7-8-9-13-11-10-12-2;1-2/h3-11H2,1-2H3;1-2H3. The number of hydrogen-bond acceptors (Lipinski definition) is 2. The Hall–Kier alpha value is -0.0800. The van der Waals surface area contributed by atoms with E-state index in [1.807, 2.05) is 13.8 Å². The molecule has 0 saturated heterocycles. The average molecular weight is 218 g/mol. The second kappa shape index (κ2) is 19.5. The van der Waals surface area contributed by atoms with Crippen molar-refractivity contribution in [2.75, 3.05) is 26.9 Å². The Labute approximate surface area is 96.4 Å². The van der Waals surface area contributed by atoms with Gasteiger partial charge in [-0.05, 0) is 6.42 Å². The Bertz CT molecular complexity index is 74.6. The van der Waals surface area contributed by atoms with Crippen LogP contribution in [-0.4, -0.2) is 26.9 Å². The highest BCUT2D eigenvalue weighted by Crippen LogP contribution is 2.04. The van der Waals surface area contributed by atoms with Gasteiger partial charge in [0.05, 0.1) is 13.2 Å². The summed E-state index contributed by atoms with van der Waals surface area (Å²) in [5.74, 6) is 0. The molecule has 0 aromatic carbocycles. The van der Waals surface area contributed by atoms with E-state index in [1.165, 1.54) is 38.5 Å². The lowest BCUT2D eigenvalue weighted by Gasteiger charge is -2.03. The molecule has 0 aliphatic heterocycles. The Morgan fingerprint density at radius 1 is 0.733 bits per heavy atom. The van der Waals surface area contributed by atoms with Gasteiger partial charge in [-0.25, -0.2) is 0 Å². The minimum Gasteiger partial charge on any atom is -0.382 e. The van der Waals surface area contributed by atoms with Gasteiger partial charge in [-0.1, -0.05) is 52.9 Å². The summed E-state index contributed by atoms with van der Waals surface area (Å²) >= 11 is 0. The molecule has 2 nitrogen and oxygen atoms in total. The summed E-state index contributed by atoms with van der Waals surface area (Å²) in [5, 5.41) is 0. The van der Waals surface area contributed by atoms with Crippen LogP contribution in [0.3, 0.4) is 0 Å². The first kappa shape index (κ1) is 17.3. The maximum Gasteiger partial charge on any atom is 0.0700 e. The highest BCUT2D eigenvalue weighted by atomic mass is 16.5. The molecular formula is C13H30O2. The number of methoxy groups -OCH3 is 1. The van der Waals surface area contributed by atoms with Gasteiger partial charge >= 0.3 is 0 Å². The van der Waals surface area contributed by atoms with Crippen molar-refractivity contribution in [1.29, 1.82) is 0 Å². The first-order valence-electron chi connectivity index (χ1n) is 6.48. The van der Waals surface area contributed by atoms with Crippen LogP contribution in [0.1, 0.15) is 59.3 Å². The normalized spacial score (nSPS) is 9.60. The summed E-state index contributed by atoms with van der Waals surface area (Å²) in [6.07, 6.45) is 7.96. The van der Waals surface area contributed by atoms with Crippen LogP contribution in [0.2, 0.25) is 0 Å². The molecule has 0 radical (unpaired) electrons. The second-order valence-electron chi connectivity index (χ2n) is 3.37. The summed E-state index contributed by atoms with van der Waals surface area (Å²) in [4.78, 5) is 0. The van der Waals surface area contributed by atoms with Crippen LogP contribution in [-0.2, 0) is 9.47 Å². The molecule has 0 spiro atoms. The van der Waals surface area contributed by atoms with Gasteiger partial charge in [-0.3, -0.25) is 0 Å². The molecule has 0 rings (SSSR count). The summed E-state index contributed by atoms with van der Waals surface area (Å²) in [7, 11) is 1.70. The van der Waals surface area contributed by atoms with Crippen LogP contribution < -0.4 is 0 Å². The molecule has 15 heavy (non-hydrogen) atoms. The highest BCUT2D eigenvalue weighted by Gasteiger charge is 1.90. The Balaban J connectivity index is 0. The van der Waals surface area contributed by atoms with Crippen molar-refractivity contribution < 1.29 is 9.47 Å². The Morgan fingerprint density at radius 3 is 1.93 bits per heavy atom. The molecular weight excluding hydrogens is 188 g/mol. The van der Waals surface area contributed by atoms with Crippen molar-refractivity contribution in [2.45, 2.75) is 59.3 Å². The molecule has 0 aliphatic carbocycles. The molecule has 2 heteroatoms. The minimum absolute atomic E-state index is 0.718. The quantitative estimate of drug-likeness (QED) is 0.515. The van der Waals surface area contributed by atoms with Crippen LogP contribution >= 0.6 is 0 Å². The first-order valence-corrected chi connectivity index (χ1v) is 6.48. The van der Waals surface area contributed by atoms with Crippen LogP contribution in [0.4, 0.5) is 0 Å². The van der Waals surface area contributed by atoms with Crippen LogP contribution in [0, 0.1) is 0 Å². The maximum atomic E-state index is 5.36. The zero-order valence-electron chi connectivity index (χ0n) is 11.2. The molecule has 0 bridgehead atoms. The average Bonchev–Trinajstić information content (AvgIpc) is 2.30. The Kier molecular flexibility index (Phi) is 22.5. The van der Waals surface area contributed by atoms with Crippen LogP contribution in [0.15, 0.2) is 0 Å². The third kappa shape index (κ3) is 20.1. The third-order valence-electron chi connectivity index (χ3n) is 2.07. The summed E-state index contributed by atoms with van der Waals surface area (Å²) < 4.78 is 10.2. The predicted molar refractivity (Wildman–Crippen MR) is 67.4 cm³/mol. The zero-order chi connectivity index (χ0) is 11.8. The summed E-state index contributed by atoms with van der Waals surface area (Å²) in [6.45, 7) is 8.60. The number of hydrogen-bond donors (Lipinski definition) is 0. The van der Waals surface area contributed by atoms with E-state index in [-0.39, 0.29) is 0 Å². The Morgan fingerprint density at radius 2 is 1.33 bits per heavy atom. The second-order valence-corrected chi connectivity index (χ2v) is 3.37. The van der Waals surface area contributed by atoms with E-state index in [0.29, 0.717) is 0 Å². The predicted octanol–water partition coefficient (Wildman–Crippen LogP) is 4.04. The monoisotopic (exact) mass is 218 g/mol. The van der Waals surface area contributed by atoms with E-state index < -0.39 is 0 Å². The van der Waals surface area contributed by atoms with Crippen molar-refractivity contribution in [2.24, 2.45) is 0 Å². The lowest BCUT2D eigenvalue weighted by Crippen LogP contribution is -2.02. The first-order chi connectivity index (χ1) is 7.41. The zero-order valence-corrected chi connectivity index (χ0v) is 11.2. The van der Waals surface area contributed by atoms with Gasteiger partial charge in [-0.15, -0.1) is 0 Å². The number of unbranched alkanes of at least 4 members (excludes halogenated alkanes) is 5. The molecule has 0 saturated carbocycles. The van der Waals surface area contributed by atoms with E-state index in [1.54, 1.807) is 7.11 Å². The van der Waals surface area contributed by atoms with Gasteiger partial charge in [0, 0.05) is 13.7 Å². The molecule has 0 aromatic rings. The van der Waals surface area contributed by atoms with E-state index in [9.17, 15) is 0 Å². The van der Waals surface area contributed by atoms with Crippen LogP contribution in [0.25, 0.3) is 0 Å². The lowest BCUT2D eigenvalue weighted by atomic mass is 10.1. The topological polar surface area (TPSA) is 18.5 Å². The fourth-order valence-electron chi connectivity index (χ4n) is 1.23. The van der Waals surface area contributed by atoms with E-state index in [0.717, 1.165) is 19.8 Å². The maximum absolute atomic E-state index is 5.36. The van der Waals surface area contributed by atoms with Crippen molar-refractivity contribution in [3.8, 4) is 0 Å². The van der Waals surface area contributed by atoms with Crippen molar-refractivity contribution in [1.82, 2.24) is 0 Å². The third-order valence-corrected chi connectivity index (χ3v) is 2.07. The molecule has 0 amide bonds. The smallest absolute Gasteiger partial charge is 0.0700 e. The fourth-order valence-corrected chi connectivity index (χ4v) is 1.23. The number of rotatable bonds is 10. The van der Waals surface area contributed by atoms with Gasteiger partial charge in [0.25, 0.3) is 0 Å². The molecule has 0 aliphatic rings. The highest BCUT2D eigenvalue weighted by molar-refractivity contribution is 4.43. The molecule has 0 unspecified atom stereocenters. The molecule has 0 heterocycles. The minimum atomic E-state index is 0.718. The van der Waals surface area contributed by atoms with Crippen molar-refractivity contribution >= 4 is 0 Å². The lowest BCUT2D eigenvalue weighted by molar-refractivity contribution is 0.0685. The summed E-state index contributed by atoms with van der Waals surface area (Å²) in [6, 6.07) is 0. The largest absolute Gasteiger partial charge is 0.382 e. The van der Waals surface area contributed by atoms with Gasteiger partial charge < -0.3 is 9.47 Å². The van der Waals surface area contributed by atoms with Gasteiger partial charge in [0.1, 0.15) is 0 Å². The van der Waals surface area contributed by atoms with Gasteiger partial charge in [0.2, 0.25) is 0 Å². The van der Waals surface area contributed by atoms with Gasteiger partial charge in [-0.2, -0.15) is 0 Å². The number of ether oxygens (including phenoxy) is 2. The van der Waals surface area contributed by atoms with Crippen molar-refractivity contribution in [3.05, 3.63) is 0 Å². The van der Waals surface area contributed by atoms with Crippen LogP contribution in [0.5, 0.6) is 0 Å². The molecule has 0 N–H and O–H groups in total. The van der Waals surface area contributed by atoms with E-state index in [2.05, 4.69) is 6.92 Å². The molecule has 94 valence electrons. The van der Waals surface area contributed by atoms with Gasteiger partial charge in [0.15, 0.2) is 0 Å².